The van der Waals surface area contributed by atoms with E-state index in [0.717, 1.165) is 0 Å². The molecule has 0 aromatic heterocycles. The lowest BCUT2D eigenvalue weighted by Crippen LogP contribution is -2.41. The van der Waals surface area contributed by atoms with Crippen molar-refractivity contribution in [2.75, 3.05) is 0 Å². The number of hydrogen-bond acceptors (Lipinski definition) is 3. The maximum absolute atomic E-state index is 13.3. The van der Waals surface area contributed by atoms with E-state index >= 15 is 0 Å². The molecule has 1 atom stereocenters. The van der Waals surface area contributed by atoms with Gasteiger partial charge < -0.3 is 15.5 Å². The summed E-state index contributed by atoms with van der Waals surface area (Å²) in [4.78, 5) is 32.9. The Bertz CT molecular complexity index is 517. The van der Waals surface area contributed by atoms with Crippen molar-refractivity contribution in [3.63, 3.8) is 0 Å². The van der Waals surface area contributed by atoms with Crippen LogP contribution in [-0.4, -0.2) is 34.1 Å². The predicted molar refractivity (Wildman–Crippen MR) is 66.5 cm³/mol. The molecule has 0 aliphatic heterocycles. The van der Waals surface area contributed by atoms with Crippen molar-refractivity contribution < 1.29 is 29.0 Å². The summed E-state index contributed by atoms with van der Waals surface area (Å²) >= 11 is 0. The number of rotatable bonds is 7. The van der Waals surface area contributed by atoms with Crippen molar-refractivity contribution in [1.29, 1.82) is 0 Å². The van der Waals surface area contributed by atoms with Gasteiger partial charge >= 0.3 is 11.9 Å². The maximum atomic E-state index is 13.3. The molecule has 0 bridgehead atoms. The molecule has 1 aromatic carbocycles. The van der Waals surface area contributed by atoms with E-state index in [1.807, 2.05) is 0 Å². The summed E-state index contributed by atoms with van der Waals surface area (Å²) in [7, 11) is 0. The van der Waals surface area contributed by atoms with Crippen LogP contribution in [0.25, 0.3) is 0 Å². The van der Waals surface area contributed by atoms with Crippen LogP contribution in [0.2, 0.25) is 0 Å². The van der Waals surface area contributed by atoms with E-state index in [-0.39, 0.29) is 24.8 Å². The molecular formula is C13H14FNO5. The highest BCUT2D eigenvalue weighted by atomic mass is 19.1. The normalized spacial score (nSPS) is 11.7. The molecule has 0 unspecified atom stereocenters. The van der Waals surface area contributed by atoms with Crippen LogP contribution in [0.15, 0.2) is 24.3 Å². The first kappa shape index (κ1) is 15.6. The molecule has 0 spiro atoms. The molecule has 108 valence electrons. The lowest BCUT2D eigenvalue weighted by molar-refractivity contribution is -0.143. The number of carbonyl (C=O) groups is 3. The quantitative estimate of drug-likeness (QED) is 0.686. The molecule has 0 fully saturated rings. The predicted octanol–water partition coefficient (Wildman–Crippen LogP) is 0.802. The number of hydrogen-bond donors (Lipinski definition) is 3. The van der Waals surface area contributed by atoms with Gasteiger partial charge in [0, 0.05) is 6.42 Å². The number of benzene rings is 1. The molecule has 7 heteroatoms. The zero-order chi connectivity index (χ0) is 15.1. The molecular weight excluding hydrogens is 269 g/mol. The van der Waals surface area contributed by atoms with Crippen LogP contribution >= 0.6 is 0 Å². The molecule has 0 radical (unpaired) electrons. The lowest BCUT2D eigenvalue weighted by Gasteiger charge is -2.13. The lowest BCUT2D eigenvalue weighted by atomic mass is 10.1. The van der Waals surface area contributed by atoms with Crippen molar-refractivity contribution in [2.45, 2.75) is 25.3 Å². The number of halogens is 1. The topological polar surface area (TPSA) is 104 Å². The summed E-state index contributed by atoms with van der Waals surface area (Å²) in [5.41, 5.74) is 0.146. The first-order valence-electron chi connectivity index (χ1n) is 5.87. The molecule has 6 nitrogen and oxygen atoms in total. The third-order valence-electron chi connectivity index (χ3n) is 2.59. The van der Waals surface area contributed by atoms with Crippen LogP contribution in [0.1, 0.15) is 18.4 Å². The molecule has 0 saturated heterocycles. The minimum Gasteiger partial charge on any atom is -0.481 e. The first-order valence-corrected chi connectivity index (χ1v) is 5.87. The van der Waals surface area contributed by atoms with Crippen LogP contribution in [0.5, 0.6) is 0 Å². The van der Waals surface area contributed by atoms with Crippen molar-refractivity contribution in [1.82, 2.24) is 5.32 Å². The molecule has 1 rings (SSSR count). The minimum atomic E-state index is -1.33. The average Bonchev–Trinajstić information content (AvgIpc) is 2.36. The van der Waals surface area contributed by atoms with Crippen LogP contribution < -0.4 is 5.32 Å². The SMILES string of the molecule is O=C(O)CC[C@H](NC(=O)Cc1ccccc1F)C(=O)O. The van der Waals surface area contributed by atoms with Crippen LogP contribution in [-0.2, 0) is 20.8 Å². The van der Waals surface area contributed by atoms with Crippen molar-refractivity contribution in [3.8, 4) is 0 Å². The first-order chi connectivity index (χ1) is 9.40. The highest BCUT2D eigenvalue weighted by Crippen LogP contribution is 2.07. The van der Waals surface area contributed by atoms with Crippen molar-refractivity contribution in [3.05, 3.63) is 35.6 Å². The summed E-state index contributed by atoms with van der Waals surface area (Å²) in [6.07, 6.45) is -0.909. The van der Waals surface area contributed by atoms with E-state index < -0.39 is 29.7 Å². The summed E-state index contributed by atoms with van der Waals surface area (Å²) < 4.78 is 13.3. The van der Waals surface area contributed by atoms with Crippen LogP contribution in [0, 0.1) is 5.82 Å². The monoisotopic (exact) mass is 283 g/mol. The molecule has 20 heavy (non-hydrogen) atoms. The van der Waals surface area contributed by atoms with Crippen LogP contribution in [0.3, 0.4) is 0 Å². The van der Waals surface area contributed by atoms with Gasteiger partial charge in [0.15, 0.2) is 0 Å². The van der Waals surface area contributed by atoms with E-state index in [4.69, 9.17) is 10.2 Å². The number of carbonyl (C=O) groups excluding carboxylic acids is 1. The van der Waals surface area contributed by atoms with Gasteiger partial charge in [0.2, 0.25) is 5.91 Å². The molecule has 0 aliphatic carbocycles. The van der Waals surface area contributed by atoms with Gasteiger partial charge in [-0.25, -0.2) is 9.18 Å². The van der Waals surface area contributed by atoms with Gasteiger partial charge in [-0.05, 0) is 18.1 Å². The van der Waals surface area contributed by atoms with Gasteiger partial charge in [-0.3, -0.25) is 9.59 Å². The van der Waals surface area contributed by atoms with E-state index in [9.17, 15) is 18.8 Å². The number of carboxylic acids is 2. The number of carboxylic acid groups (broad SMARTS) is 2. The second-order valence-corrected chi connectivity index (χ2v) is 4.16. The highest BCUT2D eigenvalue weighted by Gasteiger charge is 2.21. The molecule has 0 aliphatic rings. The standard InChI is InChI=1S/C13H14FNO5/c14-9-4-2-1-3-8(9)7-11(16)15-10(13(19)20)5-6-12(17)18/h1-4,10H,5-7H2,(H,15,16)(H,17,18)(H,19,20)/t10-/m0/s1. The van der Waals surface area contributed by atoms with Gasteiger partial charge in [0.1, 0.15) is 11.9 Å². The van der Waals surface area contributed by atoms with Gasteiger partial charge in [0.05, 0.1) is 6.42 Å². The molecule has 3 N–H and O–H groups in total. The highest BCUT2D eigenvalue weighted by molar-refractivity contribution is 5.85. The largest absolute Gasteiger partial charge is 0.481 e. The fourth-order valence-electron chi connectivity index (χ4n) is 1.59. The average molecular weight is 283 g/mol. The fraction of sp³-hybridized carbons (Fsp3) is 0.308. The minimum absolute atomic E-state index is 0.146. The van der Waals surface area contributed by atoms with Gasteiger partial charge in [0.25, 0.3) is 0 Å². The van der Waals surface area contributed by atoms with E-state index in [0.29, 0.717) is 0 Å². The molecule has 1 amide bonds. The van der Waals surface area contributed by atoms with Crippen LogP contribution in [0.4, 0.5) is 4.39 Å². The summed E-state index contributed by atoms with van der Waals surface area (Å²) in [6, 6.07) is 4.35. The van der Waals surface area contributed by atoms with Gasteiger partial charge in [-0.1, -0.05) is 18.2 Å². The number of amides is 1. The van der Waals surface area contributed by atoms with Crippen molar-refractivity contribution >= 4 is 17.8 Å². The zero-order valence-corrected chi connectivity index (χ0v) is 10.5. The smallest absolute Gasteiger partial charge is 0.326 e. The van der Waals surface area contributed by atoms with E-state index in [1.54, 1.807) is 6.07 Å². The zero-order valence-electron chi connectivity index (χ0n) is 10.5. The summed E-state index contributed by atoms with van der Waals surface area (Å²) in [5, 5.41) is 19.5. The number of aliphatic carboxylic acids is 2. The molecule has 0 heterocycles. The Hall–Kier alpha value is -2.44. The Kier molecular flexibility index (Phi) is 5.64. The third kappa shape index (κ3) is 5.05. The molecule has 0 saturated carbocycles. The fourth-order valence-corrected chi connectivity index (χ4v) is 1.59. The second kappa shape index (κ2) is 7.22. The van der Waals surface area contributed by atoms with Gasteiger partial charge in [-0.15, -0.1) is 0 Å². The molecule has 1 aromatic rings. The van der Waals surface area contributed by atoms with E-state index in [1.165, 1.54) is 18.2 Å². The summed E-state index contributed by atoms with van der Waals surface area (Å²) in [6.45, 7) is 0. The van der Waals surface area contributed by atoms with Crippen molar-refractivity contribution in [2.24, 2.45) is 0 Å². The summed E-state index contributed by atoms with van der Waals surface area (Å²) in [5.74, 6) is -3.71. The third-order valence-corrected chi connectivity index (χ3v) is 2.59. The van der Waals surface area contributed by atoms with E-state index in [2.05, 4.69) is 5.32 Å². The Balaban J connectivity index is 2.60. The second-order valence-electron chi connectivity index (χ2n) is 4.16. The Morgan fingerprint density at radius 3 is 2.40 bits per heavy atom. The Morgan fingerprint density at radius 1 is 1.20 bits per heavy atom. The Morgan fingerprint density at radius 2 is 1.85 bits per heavy atom. The van der Waals surface area contributed by atoms with Gasteiger partial charge in [-0.2, -0.15) is 0 Å². The maximum Gasteiger partial charge on any atom is 0.326 e. The Labute approximate surface area is 114 Å². The number of nitrogens with one attached hydrogen (secondary N) is 1.